The highest BCUT2D eigenvalue weighted by molar-refractivity contribution is 6.90. The standard InChI is InChI=1S/C22H29NO3Si2/c1-27(2,3)19-11-15-14-9-17-18(26-12-25-17)10-16(14)22(24)23-8-7-13(20(15)23)21(19)28(4,5)6/h9-11,13,20H,7-8,12H2,1-6H3/t13-,20+/m1/s1. The molecule has 6 heteroatoms. The predicted molar refractivity (Wildman–Crippen MR) is 117 cm³/mol. The minimum atomic E-state index is -1.53. The van der Waals surface area contributed by atoms with Gasteiger partial charge in [-0.1, -0.05) is 55.8 Å². The first-order valence-corrected chi connectivity index (χ1v) is 17.3. The Balaban J connectivity index is 1.80. The van der Waals surface area contributed by atoms with E-state index in [1.54, 1.807) is 10.4 Å². The Labute approximate surface area is 169 Å². The molecule has 0 bridgehead atoms. The van der Waals surface area contributed by atoms with E-state index < -0.39 is 16.1 Å². The van der Waals surface area contributed by atoms with E-state index in [4.69, 9.17) is 9.47 Å². The van der Waals surface area contributed by atoms with Crippen molar-refractivity contribution < 1.29 is 14.3 Å². The molecule has 1 aromatic rings. The highest BCUT2D eigenvalue weighted by Gasteiger charge is 2.51. The molecule has 148 valence electrons. The van der Waals surface area contributed by atoms with Crippen molar-refractivity contribution in [1.29, 1.82) is 0 Å². The molecule has 0 spiro atoms. The van der Waals surface area contributed by atoms with Crippen molar-refractivity contribution in [2.75, 3.05) is 13.3 Å². The average molecular weight is 412 g/mol. The van der Waals surface area contributed by atoms with Gasteiger partial charge in [-0.05, 0) is 29.7 Å². The Morgan fingerprint density at radius 3 is 2.21 bits per heavy atom. The van der Waals surface area contributed by atoms with Gasteiger partial charge in [-0.3, -0.25) is 4.79 Å². The summed E-state index contributed by atoms with van der Waals surface area (Å²) in [6.45, 7) is 15.9. The van der Waals surface area contributed by atoms with E-state index in [1.807, 2.05) is 6.07 Å². The number of rotatable bonds is 2. The molecule has 3 heterocycles. The molecular formula is C22H29NO3Si2. The van der Waals surface area contributed by atoms with Crippen LogP contribution in [0.4, 0.5) is 0 Å². The van der Waals surface area contributed by atoms with Crippen LogP contribution in [0, 0.1) is 5.92 Å². The van der Waals surface area contributed by atoms with E-state index >= 15 is 0 Å². The summed E-state index contributed by atoms with van der Waals surface area (Å²) in [6.07, 6.45) is 3.56. The Morgan fingerprint density at radius 2 is 1.61 bits per heavy atom. The third kappa shape index (κ3) is 2.43. The van der Waals surface area contributed by atoms with Crippen molar-refractivity contribution in [1.82, 2.24) is 4.90 Å². The van der Waals surface area contributed by atoms with E-state index in [9.17, 15) is 4.79 Å². The second kappa shape index (κ2) is 5.63. The Morgan fingerprint density at radius 1 is 0.964 bits per heavy atom. The van der Waals surface area contributed by atoms with E-state index in [-0.39, 0.29) is 18.7 Å². The normalized spacial score (nSPS) is 25.7. The van der Waals surface area contributed by atoms with Gasteiger partial charge in [0.25, 0.3) is 5.91 Å². The number of carbonyl (C=O) groups excluding carboxylic acids is 1. The van der Waals surface area contributed by atoms with Crippen LogP contribution in [-0.4, -0.2) is 46.3 Å². The molecule has 1 saturated heterocycles. The summed E-state index contributed by atoms with van der Waals surface area (Å²) in [7, 11) is -3.03. The van der Waals surface area contributed by atoms with Gasteiger partial charge in [0, 0.05) is 12.5 Å². The molecule has 4 aliphatic rings. The van der Waals surface area contributed by atoms with Crippen LogP contribution in [0.3, 0.4) is 0 Å². The number of nitrogens with zero attached hydrogens (tertiary/aromatic N) is 1. The van der Waals surface area contributed by atoms with Crippen molar-refractivity contribution in [2.45, 2.75) is 51.7 Å². The SMILES string of the molecule is C[Si](C)(C)C1=C([Si](C)(C)C)[C@@H]2CCN3C(=O)c4cc5c(cc4C(=C1)[C@H]23)OCO5. The fourth-order valence-corrected chi connectivity index (χ4v) is 11.7. The molecule has 0 aromatic heterocycles. The maximum absolute atomic E-state index is 13.4. The van der Waals surface area contributed by atoms with Crippen molar-refractivity contribution in [2.24, 2.45) is 5.92 Å². The number of benzene rings is 1. The fourth-order valence-electron chi connectivity index (χ4n) is 5.56. The molecule has 3 aliphatic heterocycles. The number of hydrogen-bond acceptors (Lipinski definition) is 3. The fraction of sp³-hybridized carbons (Fsp3) is 0.500. The second-order valence-electron chi connectivity index (χ2n) is 10.5. The summed E-state index contributed by atoms with van der Waals surface area (Å²) in [5, 5.41) is 3.35. The van der Waals surface area contributed by atoms with E-state index in [0.29, 0.717) is 11.7 Å². The lowest BCUT2D eigenvalue weighted by atomic mass is 9.80. The van der Waals surface area contributed by atoms with Gasteiger partial charge in [0.1, 0.15) is 0 Å². The van der Waals surface area contributed by atoms with Crippen LogP contribution in [0.15, 0.2) is 28.6 Å². The van der Waals surface area contributed by atoms with Gasteiger partial charge in [-0.2, -0.15) is 0 Å². The molecule has 0 N–H and O–H groups in total. The Hall–Kier alpha value is -1.80. The quantitative estimate of drug-likeness (QED) is 0.662. The maximum Gasteiger partial charge on any atom is 0.255 e. The number of amides is 1. The molecule has 28 heavy (non-hydrogen) atoms. The monoisotopic (exact) mass is 411 g/mol. The molecule has 0 unspecified atom stereocenters. The van der Waals surface area contributed by atoms with Crippen LogP contribution >= 0.6 is 0 Å². The molecule has 2 atom stereocenters. The van der Waals surface area contributed by atoms with Crippen LogP contribution < -0.4 is 9.47 Å². The third-order valence-electron chi connectivity index (χ3n) is 6.61. The third-order valence-corrected chi connectivity index (χ3v) is 11.1. The largest absolute Gasteiger partial charge is 0.454 e. The number of hydrogen-bond donors (Lipinski definition) is 0. The predicted octanol–water partition coefficient (Wildman–Crippen LogP) is 4.71. The molecule has 1 aliphatic carbocycles. The first kappa shape index (κ1) is 18.2. The van der Waals surface area contributed by atoms with Gasteiger partial charge in [-0.15, -0.1) is 0 Å². The zero-order chi connectivity index (χ0) is 20.0. The van der Waals surface area contributed by atoms with Gasteiger partial charge in [0.05, 0.1) is 27.8 Å². The molecule has 1 amide bonds. The van der Waals surface area contributed by atoms with Crippen molar-refractivity contribution in [3.63, 3.8) is 0 Å². The van der Waals surface area contributed by atoms with Gasteiger partial charge < -0.3 is 14.4 Å². The number of ether oxygens (including phenoxy) is 2. The van der Waals surface area contributed by atoms with Crippen molar-refractivity contribution in [3.05, 3.63) is 39.7 Å². The minimum Gasteiger partial charge on any atom is -0.454 e. The summed E-state index contributed by atoms with van der Waals surface area (Å²) in [6, 6.07) is 4.15. The van der Waals surface area contributed by atoms with E-state index in [0.717, 1.165) is 29.8 Å². The average Bonchev–Trinajstić information content (AvgIpc) is 3.22. The zero-order valence-corrected chi connectivity index (χ0v) is 19.7. The van der Waals surface area contributed by atoms with Crippen molar-refractivity contribution >= 4 is 27.6 Å². The molecule has 0 radical (unpaired) electrons. The minimum absolute atomic E-state index is 0.157. The first-order valence-electron chi connectivity index (χ1n) is 10.3. The topological polar surface area (TPSA) is 38.8 Å². The van der Waals surface area contributed by atoms with Gasteiger partial charge in [-0.25, -0.2) is 0 Å². The Kier molecular flexibility index (Phi) is 3.67. The summed E-state index contributed by atoms with van der Waals surface area (Å²) in [4.78, 5) is 15.5. The molecular weight excluding hydrogens is 382 g/mol. The smallest absolute Gasteiger partial charge is 0.255 e. The lowest BCUT2D eigenvalue weighted by molar-refractivity contribution is 0.0748. The summed E-state index contributed by atoms with van der Waals surface area (Å²) >= 11 is 0. The molecule has 1 fully saturated rings. The summed E-state index contributed by atoms with van der Waals surface area (Å²) in [5.41, 5.74) is 3.17. The van der Waals surface area contributed by atoms with Crippen molar-refractivity contribution in [3.8, 4) is 11.5 Å². The van der Waals surface area contributed by atoms with Gasteiger partial charge in [0.2, 0.25) is 6.79 Å². The summed E-state index contributed by atoms with van der Waals surface area (Å²) < 4.78 is 11.2. The second-order valence-corrected chi connectivity index (χ2v) is 20.6. The molecule has 4 nitrogen and oxygen atoms in total. The Bertz CT molecular complexity index is 965. The molecule has 5 rings (SSSR count). The number of carbonyl (C=O) groups is 1. The molecule has 0 saturated carbocycles. The van der Waals surface area contributed by atoms with Crippen LogP contribution in [0.2, 0.25) is 39.3 Å². The lowest BCUT2D eigenvalue weighted by Gasteiger charge is -2.44. The van der Waals surface area contributed by atoms with E-state index in [2.05, 4.69) is 56.3 Å². The highest BCUT2D eigenvalue weighted by atomic mass is 28.3. The number of fused-ring (bicyclic) bond motifs is 3. The van der Waals surface area contributed by atoms with Crippen LogP contribution in [0.1, 0.15) is 22.3 Å². The number of allylic oxidation sites excluding steroid dienone is 2. The van der Waals surface area contributed by atoms with Gasteiger partial charge in [0.15, 0.2) is 11.5 Å². The zero-order valence-electron chi connectivity index (χ0n) is 17.7. The first-order chi connectivity index (χ1) is 13.1. The van der Waals surface area contributed by atoms with Crippen LogP contribution in [0.25, 0.3) is 5.57 Å². The van der Waals surface area contributed by atoms with Gasteiger partial charge >= 0.3 is 0 Å². The van der Waals surface area contributed by atoms with Crippen LogP contribution in [-0.2, 0) is 0 Å². The lowest BCUT2D eigenvalue weighted by Crippen LogP contribution is -2.48. The maximum atomic E-state index is 13.4. The van der Waals surface area contributed by atoms with E-state index in [1.165, 1.54) is 5.57 Å². The molecule has 1 aromatic carbocycles. The summed E-state index contributed by atoms with van der Waals surface area (Å²) in [5.74, 6) is 2.10. The highest BCUT2D eigenvalue weighted by Crippen LogP contribution is 2.52. The van der Waals surface area contributed by atoms with Crippen LogP contribution in [0.5, 0.6) is 11.5 Å².